The second-order valence-electron chi connectivity index (χ2n) is 6.09. The molecule has 0 spiro atoms. The van der Waals surface area contributed by atoms with Crippen molar-refractivity contribution in [1.29, 1.82) is 5.26 Å². The summed E-state index contributed by atoms with van der Waals surface area (Å²) in [4.78, 5) is 14.9. The number of hydrogen-bond donors (Lipinski definition) is 0. The van der Waals surface area contributed by atoms with Gasteiger partial charge < -0.3 is 4.57 Å². The number of benzene rings is 2. The van der Waals surface area contributed by atoms with Crippen molar-refractivity contribution in [3.05, 3.63) is 100 Å². The fourth-order valence-corrected chi connectivity index (χ4v) is 2.90. The van der Waals surface area contributed by atoms with Gasteiger partial charge in [0.2, 0.25) is 0 Å². The molecule has 4 rings (SSSR count). The molecular weight excluding hydrogens is 368 g/mol. The van der Waals surface area contributed by atoms with Crippen LogP contribution in [0, 0.1) is 21.4 Å². The SMILES string of the molecule is N#Cc1cnn(-c2ccccc2N=Cc2ccc([N+](=O)[O-])cc2)c1-n1cccc1. The molecule has 2 aromatic heterocycles. The fourth-order valence-electron chi connectivity index (χ4n) is 2.90. The molecule has 0 radical (unpaired) electrons. The van der Waals surface area contributed by atoms with Crippen molar-refractivity contribution in [2.75, 3.05) is 0 Å². The number of hydrogen-bond acceptors (Lipinski definition) is 5. The highest BCUT2D eigenvalue weighted by Gasteiger charge is 2.15. The molecule has 8 heteroatoms. The van der Waals surface area contributed by atoms with Gasteiger partial charge in [-0.25, -0.2) is 4.68 Å². The normalized spacial score (nSPS) is 10.9. The first-order valence-corrected chi connectivity index (χ1v) is 8.67. The Morgan fingerprint density at radius 3 is 2.48 bits per heavy atom. The van der Waals surface area contributed by atoms with Crippen LogP contribution in [-0.2, 0) is 0 Å². The molecule has 4 aromatic rings. The molecule has 0 N–H and O–H groups in total. The summed E-state index contributed by atoms with van der Waals surface area (Å²) in [6.45, 7) is 0. The molecule has 0 atom stereocenters. The Labute approximate surface area is 165 Å². The van der Waals surface area contributed by atoms with Gasteiger partial charge in [0.25, 0.3) is 5.69 Å². The van der Waals surface area contributed by atoms with Crippen LogP contribution in [0.15, 0.2) is 84.2 Å². The monoisotopic (exact) mass is 382 g/mol. The van der Waals surface area contributed by atoms with Crippen molar-refractivity contribution in [3.8, 4) is 17.6 Å². The molecule has 2 aromatic carbocycles. The number of rotatable bonds is 5. The van der Waals surface area contributed by atoms with Crippen LogP contribution in [0.25, 0.3) is 11.5 Å². The molecule has 0 bridgehead atoms. The molecule has 0 aliphatic rings. The van der Waals surface area contributed by atoms with E-state index in [1.165, 1.54) is 18.3 Å². The Hall–Kier alpha value is -4.51. The van der Waals surface area contributed by atoms with Crippen LogP contribution in [-0.4, -0.2) is 25.5 Å². The third-order valence-electron chi connectivity index (χ3n) is 4.28. The lowest BCUT2D eigenvalue weighted by Crippen LogP contribution is -2.05. The fraction of sp³-hybridized carbons (Fsp3) is 0. The first-order valence-electron chi connectivity index (χ1n) is 8.67. The van der Waals surface area contributed by atoms with Crippen LogP contribution < -0.4 is 0 Å². The largest absolute Gasteiger partial charge is 0.307 e. The topological polar surface area (TPSA) is 102 Å². The van der Waals surface area contributed by atoms with Crippen LogP contribution in [0.5, 0.6) is 0 Å². The molecule has 0 aliphatic carbocycles. The Morgan fingerprint density at radius 1 is 1.07 bits per heavy atom. The van der Waals surface area contributed by atoms with E-state index in [4.69, 9.17) is 0 Å². The van der Waals surface area contributed by atoms with Gasteiger partial charge in [-0.3, -0.25) is 15.1 Å². The first kappa shape index (κ1) is 17.9. The third-order valence-corrected chi connectivity index (χ3v) is 4.28. The molecule has 0 aliphatic heterocycles. The van der Waals surface area contributed by atoms with Crippen LogP contribution >= 0.6 is 0 Å². The lowest BCUT2D eigenvalue weighted by atomic mass is 10.2. The van der Waals surface area contributed by atoms with E-state index < -0.39 is 4.92 Å². The number of non-ortho nitro benzene ring substituents is 1. The third kappa shape index (κ3) is 3.52. The van der Waals surface area contributed by atoms with E-state index in [9.17, 15) is 15.4 Å². The van der Waals surface area contributed by atoms with Crippen LogP contribution in [0.1, 0.15) is 11.1 Å². The summed E-state index contributed by atoms with van der Waals surface area (Å²) < 4.78 is 3.49. The van der Waals surface area contributed by atoms with Crippen molar-refractivity contribution in [1.82, 2.24) is 14.3 Å². The highest BCUT2D eigenvalue weighted by atomic mass is 16.6. The number of nitrogens with zero attached hydrogens (tertiary/aromatic N) is 6. The molecule has 0 fully saturated rings. The average Bonchev–Trinajstić information content (AvgIpc) is 3.42. The summed E-state index contributed by atoms with van der Waals surface area (Å²) in [6, 6.07) is 19.5. The summed E-state index contributed by atoms with van der Waals surface area (Å²) in [7, 11) is 0. The van der Waals surface area contributed by atoms with Gasteiger partial charge in [-0.1, -0.05) is 12.1 Å². The number of aliphatic imine (C=N–C) groups is 1. The molecule has 8 nitrogen and oxygen atoms in total. The maximum Gasteiger partial charge on any atom is 0.269 e. The van der Waals surface area contributed by atoms with Crippen molar-refractivity contribution in [2.24, 2.45) is 4.99 Å². The van der Waals surface area contributed by atoms with E-state index in [2.05, 4.69) is 16.2 Å². The number of aromatic nitrogens is 3. The highest BCUT2D eigenvalue weighted by molar-refractivity contribution is 5.83. The van der Waals surface area contributed by atoms with Gasteiger partial charge in [0.05, 0.1) is 22.5 Å². The summed E-state index contributed by atoms with van der Waals surface area (Å²) >= 11 is 0. The minimum atomic E-state index is -0.441. The lowest BCUT2D eigenvalue weighted by molar-refractivity contribution is -0.384. The van der Waals surface area contributed by atoms with E-state index in [-0.39, 0.29) is 5.69 Å². The van der Waals surface area contributed by atoms with E-state index in [0.29, 0.717) is 22.8 Å². The summed E-state index contributed by atoms with van der Waals surface area (Å²) in [5, 5.41) is 24.6. The van der Waals surface area contributed by atoms with Gasteiger partial charge in [0.15, 0.2) is 5.82 Å². The lowest BCUT2D eigenvalue weighted by Gasteiger charge is -2.11. The maximum absolute atomic E-state index is 10.8. The zero-order valence-electron chi connectivity index (χ0n) is 15.1. The first-order chi connectivity index (χ1) is 14.2. The summed E-state index contributed by atoms with van der Waals surface area (Å²) in [5.74, 6) is 0.621. The number of para-hydroxylation sites is 2. The standard InChI is InChI=1S/C21H14N6O2/c22-13-17-15-24-26(21(17)25-11-3-4-12-25)20-6-2-1-5-19(20)23-14-16-7-9-18(10-8-16)27(28)29/h1-12,14-15H. The average molecular weight is 382 g/mol. The van der Waals surface area contributed by atoms with Gasteiger partial charge >= 0.3 is 0 Å². The smallest absolute Gasteiger partial charge is 0.269 e. The molecule has 0 unspecified atom stereocenters. The van der Waals surface area contributed by atoms with Crippen LogP contribution in [0.4, 0.5) is 11.4 Å². The molecule has 2 heterocycles. The Morgan fingerprint density at radius 2 is 1.79 bits per heavy atom. The predicted molar refractivity (Wildman–Crippen MR) is 108 cm³/mol. The van der Waals surface area contributed by atoms with Crippen molar-refractivity contribution in [2.45, 2.75) is 0 Å². The van der Waals surface area contributed by atoms with Crippen molar-refractivity contribution >= 4 is 17.6 Å². The second-order valence-corrected chi connectivity index (χ2v) is 6.09. The minimum absolute atomic E-state index is 0.0273. The van der Waals surface area contributed by atoms with E-state index in [0.717, 1.165) is 5.56 Å². The van der Waals surface area contributed by atoms with Crippen molar-refractivity contribution in [3.63, 3.8) is 0 Å². The zero-order chi connectivity index (χ0) is 20.2. The zero-order valence-corrected chi connectivity index (χ0v) is 15.1. The van der Waals surface area contributed by atoms with Gasteiger partial charge in [0.1, 0.15) is 11.6 Å². The van der Waals surface area contributed by atoms with Crippen LogP contribution in [0.2, 0.25) is 0 Å². The molecule has 140 valence electrons. The van der Waals surface area contributed by atoms with Gasteiger partial charge in [0, 0.05) is 30.7 Å². The number of nitriles is 1. The van der Waals surface area contributed by atoms with Crippen molar-refractivity contribution < 1.29 is 4.92 Å². The number of nitro groups is 1. The van der Waals surface area contributed by atoms with Gasteiger partial charge in [-0.05, 0) is 42.0 Å². The molecular formula is C21H14N6O2. The van der Waals surface area contributed by atoms with E-state index >= 15 is 0 Å². The van der Waals surface area contributed by atoms with E-state index in [1.807, 2.05) is 53.4 Å². The Kier molecular flexibility index (Phi) is 4.70. The Bertz CT molecular complexity index is 1230. The van der Waals surface area contributed by atoms with Gasteiger partial charge in [-0.15, -0.1) is 0 Å². The molecule has 0 saturated carbocycles. The van der Waals surface area contributed by atoms with Crippen LogP contribution in [0.3, 0.4) is 0 Å². The number of nitro benzene ring substituents is 1. The Balaban J connectivity index is 1.75. The summed E-state index contributed by atoms with van der Waals surface area (Å²) in [6.07, 6.45) is 6.84. The van der Waals surface area contributed by atoms with Gasteiger partial charge in [-0.2, -0.15) is 10.4 Å². The maximum atomic E-state index is 10.8. The molecule has 0 amide bonds. The second kappa shape index (κ2) is 7.62. The summed E-state index contributed by atoms with van der Waals surface area (Å²) in [5.41, 5.74) is 2.55. The molecule has 0 saturated heterocycles. The highest BCUT2D eigenvalue weighted by Crippen LogP contribution is 2.27. The molecule has 29 heavy (non-hydrogen) atoms. The van der Waals surface area contributed by atoms with E-state index in [1.54, 1.807) is 23.0 Å². The minimum Gasteiger partial charge on any atom is -0.307 e. The quantitative estimate of drug-likeness (QED) is 0.293. The predicted octanol–water partition coefficient (Wildman–Crippen LogP) is 4.19.